The molecule has 1 aromatic heterocycles. The lowest BCUT2D eigenvalue weighted by Crippen LogP contribution is -2.36. The molecule has 0 radical (unpaired) electrons. The molecular weight excluding hydrogens is 284 g/mol. The smallest absolute Gasteiger partial charge is 0.227 e. The molecular formula is C20H20N2O. The second-order valence-corrected chi connectivity index (χ2v) is 6.28. The highest BCUT2D eigenvalue weighted by Gasteiger charge is 2.22. The zero-order chi connectivity index (χ0) is 15.8. The summed E-state index contributed by atoms with van der Waals surface area (Å²) in [7, 11) is 0. The minimum absolute atomic E-state index is 0.215. The molecule has 0 unspecified atom stereocenters. The van der Waals surface area contributed by atoms with Crippen LogP contribution in [-0.2, 0) is 24.2 Å². The van der Waals surface area contributed by atoms with Gasteiger partial charge in [-0.05, 0) is 36.1 Å². The Labute approximate surface area is 135 Å². The summed E-state index contributed by atoms with van der Waals surface area (Å²) < 4.78 is 0. The molecule has 0 spiro atoms. The number of amides is 1. The summed E-state index contributed by atoms with van der Waals surface area (Å²) in [6, 6.07) is 16.6. The van der Waals surface area contributed by atoms with Crippen molar-refractivity contribution in [1.29, 1.82) is 0 Å². The first kappa shape index (κ1) is 14.1. The van der Waals surface area contributed by atoms with Gasteiger partial charge in [-0.25, -0.2) is 0 Å². The number of H-pyrrole nitrogens is 1. The number of hydrogen-bond acceptors (Lipinski definition) is 1. The van der Waals surface area contributed by atoms with Crippen molar-refractivity contribution >= 4 is 16.8 Å². The number of benzene rings is 2. The maximum atomic E-state index is 12.8. The van der Waals surface area contributed by atoms with Crippen LogP contribution in [0.25, 0.3) is 10.9 Å². The zero-order valence-corrected chi connectivity index (χ0v) is 13.3. The molecule has 1 aliphatic heterocycles. The van der Waals surface area contributed by atoms with Crippen molar-refractivity contribution in [3.8, 4) is 0 Å². The van der Waals surface area contributed by atoms with Gasteiger partial charge in [0.15, 0.2) is 0 Å². The molecule has 1 N–H and O–H groups in total. The van der Waals surface area contributed by atoms with E-state index < -0.39 is 0 Å². The lowest BCUT2D eigenvalue weighted by molar-refractivity contribution is -0.131. The van der Waals surface area contributed by atoms with Crippen molar-refractivity contribution in [3.05, 3.63) is 70.9 Å². The van der Waals surface area contributed by atoms with E-state index in [1.165, 1.54) is 11.1 Å². The fourth-order valence-electron chi connectivity index (χ4n) is 3.53. The topological polar surface area (TPSA) is 36.1 Å². The van der Waals surface area contributed by atoms with Crippen LogP contribution < -0.4 is 0 Å². The van der Waals surface area contributed by atoms with Crippen LogP contribution in [0.2, 0.25) is 0 Å². The predicted molar refractivity (Wildman–Crippen MR) is 92.3 cm³/mol. The Kier molecular flexibility index (Phi) is 3.41. The molecule has 0 saturated carbocycles. The molecule has 23 heavy (non-hydrogen) atoms. The van der Waals surface area contributed by atoms with Crippen LogP contribution in [0.1, 0.15) is 22.4 Å². The third-order valence-electron chi connectivity index (χ3n) is 4.84. The molecule has 116 valence electrons. The summed E-state index contributed by atoms with van der Waals surface area (Å²) in [5.74, 6) is 0.215. The average Bonchev–Trinajstić information content (AvgIpc) is 2.90. The van der Waals surface area contributed by atoms with Gasteiger partial charge in [0, 0.05) is 29.7 Å². The van der Waals surface area contributed by atoms with E-state index in [9.17, 15) is 4.79 Å². The van der Waals surface area contributed by atoms with E-state index in [4.69, 9.17) is 0 Å². The number of aryl methyl sites for hydroxylation is 1. The second-order valence-electron chi connectivity index (χ2n) is 6.28. The van der Waals surface area contributed by atoms with Crippen LogP contribution >= 0.6 is 0 Å². The number of nitrogens with zero attached hydrogens (tertiary/aromatic N) is 1. The largest absolute Gasteiger partial charge is 0.358 e. The van der Waals surface area contributed by atoms with E-state index in [-0.39, 0.29) is 5.91 Å². The van der Waals surface area contributed by atoms with Crippen LogP contribution in [0.4, 0.5) is 0 Å². The molecule has 0 aliphatic carbocycles. The van der Waals surface area contributed by atoms with Crippen LogP contribution in [0.15, 0.2) is 48.5 Å². The molecule has 4 rings (SSSR count). The summed E-state index contributed by atoms with van der Waals surface area (Å²) in [6.07, 6.45) is 1.42. The van der Waals surface area contributed by atoms with Gasteiger partial charge in [0.25, 0.3) is 0 Å². The lowest BCUT2D eigenvalue weighted by atomic mass is 9.99. The summed E-state index contributed by atoms with van der Waals surface area (Å²) in [5.41, 5.74) is 5.99. The Morgan fingerprint density at radius 1 is 1.09 bits per heavy atom. The van der Waals surface area contributed by atoms with Crippen LogP contribution in [0.5, 0.6) is 0 Å². The maximum absolute atomic E-state index is 12.8. The van der Waals surface area contributed by atoms with Crippen molar-refractivity contribution in [1.82, 2.24) is 9.88 Å². The number of fused-ring (bicyclic) bond motifs is 2. The van der Waals surface area contributed by atoms with Gasteiger partial charge in [-0.3, -0.25) is 4.79 Å². The number of hydrogen-bond donors (Lipinski definition) is 1. The second kappa shape index (κ2) is 5.58. The predicted octanol–water partition coefficient (Wildman–Crippen LogP) is 3.60. The summed E-state index contributed by atoms with van der Waals surface area (Å²) in [4.78, 5) is 18.2. The fraction of sp³-hybridized carbons (Fsp3) is 0.250. The van der Waals surface area contributed by atoms with E-state index in [0.29, 0.717) is 6.42 Å². The molecule has 3 heteroatoms. The average molecular weight is 304 g/mol. The van der Waals surface area contributed by atoms with Crippen molar-refractivity contribution in [2.24, 2.45) is 0 Å². The third kappa shape index (κ3) is 2.52. The molecule has 3 nitrogen and oxygen atoms in total. The molecule has 0 bridgehead atoms. The first-order valence-electron chi connectivity index (χ1n) is 8.13. The highest BCUT2D eigenvalue weighted by atomic mass is 16.2. The number of para-hydroxylation sites is 1. The molecule has 2 heterocycles. The van der Waals surface area contributed by atoms with Crippen LogP contribution in [-0.4, -0.2) is 22.3 Å². The number of carbonyl (C=O) groups excluding carboxylic acids is 1. The normalized spacial score (nSPS) is 14.0. The molecule has 0 atom stereocenters. The van der Waals surface area contributed by atoms with E-state index in [0.717, 1.165) is 41.7 Å². The molecule has 3 aromatic rings. The van der Waals surface area contributed by atoms with Gasteiger partial charge in [0.1, 0.15) is 0 Å². The quantitative estimate of drug-likeness (QED) is 0.771. The molecule has 2 aromatic carbocycles. The monoisotopic (exact) mass is 304 g/mol. The SMILES string of the molecule is Cc1[nH]c2ccccc2c1CC(=O)N1CCc2ccccc2C1. The first-order chi connectivity index (χ1) is 11.2. The lowest BCUT2D eigenvalue weighted by Gasteiger charge is -2.29. The summed E-state index contributed by atoms with van der Waals surface area (Å²) in [6.45, 7) is 3.60. The maximum Gasteiger partial charge on any atom is 0.227 e. The molecule has 0 saturated heterocycles. The minimum Gasteiger partial charge on any atom is -0.358 e. The summed E-state index contributed by atoms with van der Waals surface area (Å²) in [5, 5.41) is 1.16. The van der Waals surface area contributed by atoms with Crippen LogP contribution in [0, 0.1) is 6.92 Å². The first-order valence-corrected chi connectivity index (χ1v) is 8.13. The number of rotatable bonds is 2. The van der Waals surface area contributed by atoms with Gasteiger partial charge >= 0.3 is 0 Å². The van der Waals surface area contributed by atoms with E-state index in [1.807, 2.05) is 24.0 Å². The third-order valence-corrected chi connectivity index (χ3v) is 4.84. The molecule has 0 fully saturated rings. The Morgan fingerprint density at radius 2 is 1.83 bits per heavy atom. The van der Waals surface area contributed by atoms with Crippen molar-refractivity contribution in [3.63, 3.8) is 0 Å². The van der Waals surface area contributed by atoms with Gasteiger partial charge in [0.2, 0.25) is 5.91 Å². The van der Waals surface area contributed by atoms with Crippen molar-refractivity contribution in [2.45, 2.75) is 26.3 Å². The number of aromatic nitrogens is 1. The van der Waals surface area contributed by atoms with Gasteiger partial charge in [-0.1, -0.05) is 42.5 Å². The van der Waals surface area contributed by atoms with Gasteiger partial charge in [0.05, 0.1) is 6.42 Å². The van der Waals surface area contributed by atoms with Gasteiger partial charge < -0.3 is 9.88 Å². The Balaban J connectivity index is 1.57. The van der Waals surface area contributed by atoms with E-state index in [1.54, 1.807) is 0 Å². The van der Waals surface area contributed by atoms with Gasteiger partial charge in [-0.2, -0.15) is 0 Å². The van der Waals surface area contributed by atoms with Gasteiger partial charge in [-0.15, -0.1) is 0 Å². The van der Waals surface area contributed by atoms with Crippen molar-refractivity contribution in [2.75, 3.05) is 6.54 Å². The van der Waals surface area contributed by atoms with Crippen LogP contribution in [0.3, 0.4) is 0 Å². The Morgan fingerprint density at radius 3 is 2.70 bits per heavy atom. The highest BCUT2D eigenvalue weighted by Crippen LogP contribution is 2.24. The summed E-state index contributed by atoms with van der Waals surface area (Å²) >= 11 is 0. The highest BCUT2D eigenvalue weighted by molar-refractivity contribution is 5.90. The van der Waals surface area contributed by atoms with Crippen molar-refractivity contribution < 1.29 is 4.79 Å². The minimum atomic E-state index is 0.215. The number of nitrogens with one attached hydrogen (secondary N) is 1. The number of carbonyl (C=O) groups is 1. The Bertz CT molecular complexity index is 878. The van der Waals surface area contributed by atoms with E-state index in [2.05, 4.69) is 41.4 Å². The number of aromatic amines is 1. The zero-order valence-electron chi connectivity index (χ0n) is 13.3. The Hall–Kier alpha value is -2.55. The van der Waals surface area contributed by atoms with E-state index >= 15 is 0 Å². The standard InChI is InChI=1S/C20H20N2O/c1-14-18(17-8-4-5-9-19(17)21-14)12-20(23)22-11-10-15-6-2-3-7-16(15)13-22/h2-9,21H,10-13H2,1H3. The molecule has 1 aliphatic rings. The fourth-order valence-corrected chi connectivity index (χ4v) is 3.53. The molecule has 1 amide bonds.